The molecule has 2 aromatic rings. The number of amides is 2. The lowest BCUT2D eigenvalue weighted by atomic mass is 9.84. The zero-order valence-electron chi connectivity index (χ0n) is 13.9. The fourth-order valence-electron chi connectivity index (χ4n) is 4.42. The SMILES string of the molecule is O=C(Nc1c[nH]c2ncc(F)cc12)C(=O)N[C@H]1CCC2(CCCC2)C1. The standard InChI is InChI=1S/C18H21FN4O2/c19-11-7-13-14(10-21-15(13)20-9-11)23-17(25)16(24)22-12-3-6-18(8-12)4-1-2-5-18/h7,9-10,12H,1-6,8H2,(H,20,21)(H,22,24)(H,23,25)/t12-/m0/s1. The van der Waals surface area contributed by atoms with E-state index in [1.807, 2.05) is 0 Å². The summed E-state index contributed by atoms with van der Waals surface area (Å²) in [4.78, 5) is 31.1. The molecule has 1 atom stereocenters. The monoisotopic (exact) mass is 344 g/mol. The minimum Gasteiger partial charge on any atom is -0.345 e. The quantitative estimate of drug-likeness (QED) is 0.732. The number of pyridine rings is 1. The van der Waals surface area contributed by atoms with Crippen LogP contribution in [0.2, 0.25) is 0 Å². The summed E-state index contributed by atoms with van der Waals surface area (Å²) in [5.74, 6) is -1.88. The Labute approximate surface area is 144 Å². The number of carbonyl (C=O) groups is 2. The summed E-state index contributed by atoms with van der Waals surface area (Å²) in [6.45, 7) is 0. The first-order valence-electron chi connectivity index (χ1n) is 8.79. The molecular weight excluding hydrogens is 323 g/mol. The molecule has 2 aliphatic rings. The molecule has 0 aromatic carbocycles. The first-order chi connectivity index (χ1) is 12.0. The van der Waals surface area contributed by atoms with Gasteiger partial charge in [-0.2, -0.15) is 0 Å². The molecule has 2 heterocycles. The summed E-state index contributed by atoms with van der Waals surface area (Å²) < 4.78 is 13.3. The van der Waals surface area contributed by atoms with Crippen LogP contribution in [0, 0.1) is 11.2 Å². The van der Waals surface area contributed by atoms with Crippen molar-refractivity contribution in [2.24, 2.45) is 5.41 Å². The Morgan fingerprint density at radius 3 is 2.84 bits per heavy atom. The molecular formula is C18H21FN4O2. The molecule has 25 heavy (non-hydrogen) atoms. The average molecular weight is 344 g/mol. The van der Waals surface area contributed by atoms with Gasteiger partial charge in [0.25, 0.3) is 0 Å². The van der Waals surface area contributed by atoms with Crippen molar-refractivity contribution >= 4 is 28.5 Å². The number of fused-ring (bicyclic) bond motifs is 1. The molecule has 0 unspecified atom stereocenters. The molecule has 1 spiro atoms. The van der Waals surface area contributed by atoms with Gasteiger partial charge >= 0.3 is 11.8 Å². The third-order valence-electron chi connectivity index (χ3n) is 5.65. The molecule has 4 rings (SSSR count). The van der Waals surface area contributed by atoms with E-state index < -0.39 is 17.6 Å². The lowest BCUT2D eigenvalue weighted by molar-refractivity contribution is -0.136. The Morgan fingerprint density at radius 2 is 2.04 bits per heavy atom. The maximum absolute atomic E-state index is 13.3. The van der Waals surface area contributed by atoms with Crippen LogP contribution < -0.4 is 10.6 Å². The molecule has 7 heteroatoms. The van der Waals surface area contributed by atoms with E-state index in [4.69, 9.17) is 0 Å². The highest BCUT2D eigenvalue weighted by molar-refractivity contribution is 6.40. The molecule has 132 valence electrons. The Bertz CT molecular complexity index is 826. The predicted octanol–water partition coefficient (Wildman–Crippen LogP) is 2.87. The minimum absolute atomic E-state index is 0.0680. The molecule has 2 amide bonds. The summed E-state index contributed by atoms with van der Waals surface area (Å²) >= 11 is 0. The molecule has 0 aliphatic heterocycles. The summed E-state index contributed by atoms with van der Waals surface area (Å²) in [7, 11) is 0. The van der Waals surface area contributed by atoms with Gasteiger partial charge < -0.3 is 15.6 Å². The van der Waals surface area contributed by atoms with Crippen LogP contribution in [0.1, 0.15) is 44.9 Å². The van der Waals surface area contributed by atoms with Gasteiger partial charge in [0.05, 0.1) is 11.9 Å². The highest BCUT2D eigenvalue weighted by atomic mass is 19.1. The average Bonchev–Trinajstić information content (AvgIpc) is 3.30. The number of rotatable bonds is 2. The molecule has 0 bridgehead atoms. The number of aromatic amines is 1. The van der Waals surface area contributed by atoms with E-state index in [2.05, 4.69) is 20.6 Å². The molecule has 2 aromatic heterocycles. The Hall–Kier alpha value is -2.44. The van der Waals surface area contributed by atoms with Crippen molar-refractivity contribution in [1.29, 1.82) is 0 Å². The largest absolute Gasteiger partial charge is 0.345 e. The van der Waals surface area contributed by atoms with Gasteiger partial charge in [0.2, 0.25) is 0 Å². The van der Waals surface area contributed by atoms with Crippen LogP contribution in [-0.2, 0) is 9.59 Å². The number of anilines is 1. The highest BCUT2D eigenvalue weighted by Gasteiger charge is 2.41. The Kier molecular flexibility index (Phi) is 3.94. The van der Waals surface area contributed by atoms with Crippen LogP contribution in [-0.4, -0.2) is 27.8 Å². The number of nitrogens with one attached hydrogen (secondary N) is 3. The zero-order chi connectivity index (χ0) is 17.4. The van der Waals surface area contributed by atoms with Crippen LogP contribution >= 0.6 is 0 Å². The Morgan fingerprint density at radius 1 is 1.24 bits per heavy atom. The van der Waals surface area contributed by atoms with Crippen LogP contribution in [0.25, 0.3) is 11.0 Å². The second-order valence-electron chi connectivity index (χ2n) is 7.33. The summed E-state index contributed by atoms with van der Waals surface area (Å²) in [6, 6.07) is 1.34. The number of hydrogen-bond donors (Lipinski definition) is 3. The first-order valence-corrected chi connectivity index (χ1v) is 8.79. The molecule has 0 radical (unpaired) electrons. The number of halogens is 1. The maximum atomic E-state index is 13.3. The molecule has 6 nitrogen and oxygen atoms in total. The number of hydrogen-bond acceptors (Lipinski definition) is 3. The third kappa shape index (κ3) is 3.10. The van der Waals surface area contributed by atoms with Gasteiger partial charge in [-0.15, -0.1) is 0 Å². The smallest absolute Gasteiger partial charge is 0.313 e. The normalized spacial score (nSPS) is 21.7. The predicted molar refractivity (Wildman–Crippen MR) is 91.4 cm³/mol. The van der Waals surface area contributed by atoms with Crippen molar-refractivity contribution in [3.8, 4) is 0 Å². The fraction of sp³-hybridized carbons (Fsp3) is 0.500. The summed E-state index contributed by atoms with van der Waals surface area (Å²) in [5, 5.41) is 5.83. The number of aromatic nitrogens is 2. The summed E-state index contributed by atoms with van der Waals surface area (Å²) in [5.41, 5.74) is 1.19. The van der Waals surface area contributed by atoms with Crippen LogP contribution in [0.15, 0.2) is 18.5 Å². The maximum Gasteiger partial charge on any atom is 0.313 e. The van der Waals surface area contributed by atoms with Crippen LogP contribution in [0.3, 0.4) is 0 Å². The molecule has 3 N–H and O–H groups in total. The van der Waals surface area contributed by atoms with E-state index >= 15 is 0 Å². The highest BCUT2D eigenvalue weighted by Crippen LogP contribution is 2.50. The van der Waals surface area contributed by atoms with E-state index in [0.29, 0.717) is 22.1 Å². The van der Waals surface area contributed by atoms with Crippen molar-refractivity contribution in [3.63, 3.8) is 0 Å². The lowest BCUT2D eigenvalue weighted by Gasteiger charge is -2.22. The van der Waals surface area contributed by atoms with Gasteiger partial charge in [-0.05, 0) is 43.6 Å². The van der Waals surface area contributed by atoms with E-state index in [0.717, 1.165) is 25.5 Å². The van der Waals surface area contributed by atoms with Gasteiger partial charge in [0, 0.05) is 17.6 Å². The number of nitrogens with zero attached hydrogens (tertiary/aromatic N) is 1. The van der Waals surface area contributed by atoms with Gasteiger partial charge in [0.15, 0.2) is 0 Å². The molecule has 2 fully saturated rings. The zero-order valence-corrected chi connectivity index (χ0v) is 13.9. The molecule has 2 saturated carbocycles. The second-order valence-corrected chi connectivity index (χ2v) is 7.33. The van der Waals surface area contributed by atoms with Gasteiger partial charge in [-0.25, -0.2) is 9.37 Å². The van der Waals surface area contributed by atoms with E-state index in [1.54, 1.807) is 0 Å². The van der Waals surface area contributed by atoms with Crippen LogP contribution in [0.5, 0.6) is 0 Å². The van der Waals surface area contributed by atoms with E-state index in [1.165, 1.54) is 37.9 Å². The van der Waals surface area contributed by atoms with Crippen molar-refractivity contribution in [1.82, 2.24) is 15.3 Å². The van der Waals surface area contributed by atoms with Crippen LogP contribution in [0.4, 0.5) is 10.1 Å². The Balaban J connectivity index is 1.39. The van der Waals surface area contributed by atoms with E-state index in [9.17, 15) is 14.0 Å². The fourth-order valence-corrected chi connectivity index (χ4v) is 4.42. The number of carbonyl (C=O) groups excluding carboxylic acids is 2. The van der Waals surface area contributed by atoms with Crippen molar-refractivity contribution in [2.75, 3.05) is 5.32 Å². The van der Waals surface area contributed by atoms with Crippen molar-refractivity contribution < 1.29 is 14.0 Å². The first kappa shape index (κ1) is 16.1. The van der Waals surface area contributed by atoms with E-state index in [-0.39, 0.29) is 6.04 Å². The van der Waals surface area contributed by atoms with Gasteiger partial charge in [0.1, 0.15) is 11.5 Å². The molecule has 2 aliphatic carbocycles. The van der Waals surface area contributed by atoms with Gasteiger partial charge in [-0.3, -0.25) is 9.59 Å². The molecule has 0 saturated heterocycles. The third-order valence-corrected chi connectivity index (χ3v) is 5.65. The van der Waals surface area contributed by atoms with Gasteiger partial charge in [-0.1, -0.05) is 12.8 Å². The van der Waals surface area contributed by atoms with Crippen molar-refractivity contribution in [3.05, 3.63) is 24.3 Å². The lowest BCUT2D eigenvalue weighted by Crippen LogP contribution is -2.41. The summed E-state index contributed by atoms with van der Waals surface area (Å²) in [6.07, 6.45) is 10.6. The second kappa shape index (κ2) is 6.13. The number of H-pyrrole nitrogens is 1. The topological polar surface area (TPSA) is 86.9 Å². The minimum atomic E-state index is -0.738. The van der Waals surface area contributed by atoms with Crippen molar-refractivity contribution in [2.45, 2.75) is 51.0 Å².